The molecule has 30 heavy (non-hydrogen) atoms. The van der Waals surface area contributed by atoms with Gasteiger partial charge in [-0.1, -0.05) is 0 Å². The van der Waals surface area contributed by atoms with Gasteiger partial charge < -0.3 is 5.32 Å². The highest BCUT2D eigenvalue weighted by molar-refractivity contribution is 7.17. The highest BCUT2D eigenvalue weighted by atomic mass is 32.1. The number of rotatable bonds is 4. The number of fused-ring (bicyclic) bond motifs is 2. The van der Waals surface area contributed by atoms with Crippen molar-refractivity contribution < 1.29 is 4.39 Å². The maximum Gasteiger partial charge on any atom is 0.208 e. The average molecular weight is 417 g/mol. The number of nitriles is 1. The molecule has 0 aliphatic carbocycles. The molecule has 1 aromatic carbocycles. The molecule has 0 atom stereocenters. The number of aromatic nitrogens is 5. The first-order valence-corrected chi connectivity index (χ1v) is 10.1. The number of aryl methyl sites for hydroxylation is 2. The number of imidazole rings is 1. The normalized spacial score (nSPS) is 11.3. The fourth-order valence-corrected chi connectivity index (χ4v) is 4.45. The number of nitrogens with zero attached hydrogens (tertiary/aromatic N) is 6. The fraction of sp³-hybridized carbons (Fsp3) is 0.143. The molecule has 0 radical (unpaired) electrons. The zero-order chi connectivity index (χ0) is 20.8. The van der Waals surface area contributed by atoms with Crippen LogP contribution in [0.15, 0.2) is 42.0 Å². The van der Waals surface area contributed by atoms with Gasteiger partial charge in [-0.25, -0.2) is 14.4 Å². The Morgan fingerprint density at radius 2 is 2.17 bits per heavy atom. The summed E-state index contributed by atoms with van der Waals surface area (Å²) in [6.45, 7) is 2.17. The smallest absolute Gasteiger partial charge is 0.208 e. The zero-order valence-corrected chi connectivity index (χ0v) is 17.0. The van der Waals surface area contributed by atoms with E-state index in [1.165, 1.54) is 6.07 Å². The van der Waals surface area contributed by atoms with Gasteiger partial charge >= 0.3 is 0 Å². The lowest BCUT2D eigenvalue weighted by Gasteiger charge is -2.12. The van der Waals surface area contributed by atoms with Crippen LogP contribution in [-0.2, 0) is 13.6 Å². The highest BCUT2D eigenvalue weighted by Crippen LogP contribution is 2.29. The number of hydrogen-bond acceptors (Lipinski definition) is 6. The fourth-order valence-electron chi connectivity index (χ4n) is 3.63. The van der Waals surface area contributed by atoms with Gasteiger partial charge in [0, 0.05) is 35.4 Å². The van der Waals surface area contributed by atoms with E-state index in [0.717, 1.165) is 27.0 Å². The molecule has 0 unspecified atom stereocenters. The van der Waals surface area contributed by atoms with Crippen molar-refractivity contribution in [2.45, 2.75) is 13.5 Å². The van der Waals surface area contributed by atoms with E-state index in [4.69, 9.17) is 0 Å². The van der Waals surface area contributed by atoms with E-state index in [9.17, 15) is 9.65 Å². The molecule has 5 rings (SSSR count). The maximum atomic E-state index is 14.5. The Balaban J connectivity index is 1.59. The quantitative estimate of drug-likeness (QED) is 0.472. The van der Waals surface area contributed by atoms with Crippen molar-refractivity contribution >= 4 is 33.0 Å². The second-order valence-electron chi connectivity index (χ2n) is 6.93. The van der Waals surface area contributed by atoms with Gasteiger partial charge in [0.05, 0.1) is 23.1 Å². The summed E-state index contributed by atoms with van der Waals surface area (Å²) in [6.07, 6.45) is 3.32. The average Bonchev–Trinajstić information content (AvgIpc) is 3.45. The number of nitrogens with one attached hydrogen (secondary N) is 1. The first-order chi connectivity index (χ1) is 14.5. The minimum Gasteiger partial charge on any atom is -0.351 e. The molecule has 0 fully saturated rings. The van der Waals surface area contributed by atoms with Gasteiger partial charge in [-0.15, -0.1) is 11.3 Å². The molecule has 0 amide bonds. The number of thiophene rings is 1. The predicted octanol–water partition coefficient (Wildman–Crippen LogP) is 4.28. The molecule has 7 nitrogen and oxygen atoms in total. The zero-order valence-electron chi connectivity index (χ0n) is 16.2. The lowest BCUT2D eigenvalue weighted by molar-refractivity contribution is 0.615. The lowest BCUT2D eigenvalue weighted by Crippen LogP contribution is -2.08. The van der Waals surface area contributed by atoms with Crippen LogP contribution in [0.1, 0.15) is 17.0 Å². The van der Waals surface area contributed by atoms with Crippen molar-refractivity contribution in [1.82, 2.24) is 24.1 Å². The summed E-state index contributed by atoms with van der Waals surface area (Å²) in [5.41, 5.74) is 3.92. The Kier molecular flexibility index (Phi) is 4.22. The van der Waals surface area contributed by atoms with E-state index in [1.54, 1.807) is 38.9 Å². The highest BCUT2D eigenvalue weighted by Gasteiger charge is 2.17. The Bertz CT molecular complexity index is 1450. The van der Waals surface area contributed by atoms with Gasteiger partial charge in [-0.3, -0.25) is 9.08 Å². The molecule has 9 heteroatoms. The van der Waals surface area contributed by atoms with Crippen LogP contribution in [0.5, 0.6) is 0 Å². The molecule has 1 N–H and O–H groups in total. The summed E-state index contributed by atoms with van der Waals surface area (Å²) < 4.78 is 19.0. The van der Waals surface area contributed by atoms with Crippen LogP contribution in [0, 0.1) is 24.1 Å². The number of benzene rings is 1. The third-order valence-electron chi connectivity index (χ3n) is 5.00. The predicted molar refractivity (Wildman–Crippen MR) is 114 cm³/mol. The first-order valence-electron chi connectivity index (χ1n) is 9.23. The SMILES string of the molecule is Cc1cc(-c2cnc(NCc3c(F)ccc4sccc34)n3cc(C#N)nc23)n(C)n1. The summed E-state index contributed by atoms with van der Waals surface area (Å²) in [5, 5.41) is 19.8. The van der Waals surface area contributed by atoms with Crippen LogP contribution in [0.3, 0.4) is 0 Å². The summed E-state index contributed by atoms with van der Waals surface area (Å²) >= 11 is 1.57. The minimum atomic E-state index is -0.269. The Labute approximate surface area is 175 Å². The summed E-state index contributed by atoms with van der Waals surface area (Å²) in [4.78, 5) is 8.98. The first kappa shape index (κ1) is 18.3. The van der Waals surface area contributed by atoms with Crippen LogP contribution >= 0.6 is 11.3 Å². The van der Waals surface area contributed by atoms with Gasteiger partial charge in [0.2, 0.25) is 5.95 Å². The Hall–Kier alpha value is -3.77. The standard InChI is InChI=1S/C21H16FN7S/c1-12-7-18(28(2)27-12)16-10-25-21(29-11-13(8-23)26-20(16)29)24-9-15-14-5-6-30-19(14)4-3-17(15)22/h3-7,10-11H,9H2,1-2H3,(H,24,25). The van der Waals surface area contributed by atoms with E-state index in [-0.39, 0.29) is 18.1 Å². The summed E-state index contributed by atoms with van der Waals surface area (Å²) in [5.74, 6) is 0.211. The van der Waals surface area contributed by atoms with E-state index in [0.29, 0.717) is 17.2 Å². The van der Waals surface area contributed by atoms with Crippen molar-refractivity contribution in [3.63, 3.8) is 0 Å². The molecule has 0 saturated heterocycles. The van der Waals surface area contributed by atoms with Crippen molar-refractivity contribution in [2.75, 3.05) is 5.32 Å². The Morgan fingerprint density at radius 1 is 1.30 bits per heavy atom. The van der Waals surface area contributed by atoms with Crippen molar-refractivity contribution in [3.8, 4) is 17.3 Å². The molecular weight excluding hydrogens is 401 g/mol. The van der Waals surface area contributed by atoms with Crippen molar-refractivity contribution in [1.29, 1.82) is 5.26 Å². The van der Waals surface area contributed by atoms with Crippen molar-refractivity contribution in [3.05, 3.63) is 64.8 Å². The molecular formula is C21H16FN7S. The summed E-state index contributed by atoms with van der Waals surface area (Å²) in [6, 6.07) is 9.21. The molecule has 0 aliphatic rings. The molecule has 0 spiro atoms. The molecule has 148 valence electrons. The summed E-state index contributed by atoms with van der Waals surface area (Å²) in [7, 11) is 1.85. The Morgan fingerprint density at radius 3 is 2.93 bits per heavy atom. The number of anilines is 1. The van der Waals surface area contributed by atoms with Crippen LogP contribution in [-0.4, -0.2) is 24.1 Å². The maximum absolute atomic E-state index is 14.5. The van der Waals surface area contributed by atoms with Gasteiger partial charge in [-0.2, -0.15) is 10.4 Å². The monoisotopic (exact) mass is 417 g/mol. The van der Waals surface area contributed by atoms with Gasteiger partial charge in [0.1, 0.15) is 11.9 Å². The molecule has 5 aromatic rings. The number of halogens is 1. The topological polar surface area (TPSA) is 83.8 Å². The second-order valence-corrected chi connectivity index (χ2v) is 7.88. The third kappa shape index (κ3) is 2.89. The third-order valence-corrected chi connectivity index (χ3v) is 5.88. The van der Waals surface area contributed by atoms with E-state index < -0.39 is 0 Å². The largest absolute Gasteiger partial charge is 0.351 e. The molecule has 0 saturated carbocycles. The molecule has 4 aromatic heterocycles. The van der Waals surface area contributed by atoms with E-state index in [2.05, 4.69) is 26.5 Å². The van der Waals surface area contributed by atoms with Crippen LogP contribution in [0.25, 0.3) is 27.0 Å². The second kappa shape index (κ2) is 6.93. The van der Waals surface area contributed by atoms with Gasteiger partial charge in [0.15, 0.2) is 11.3 Å². The van der Waals surface area contributed by atoms with Gasteiger partial charge in [0.25, 0.3) is 0 Å². The van der Waals surface area contributed by atoms with Crippen molar-refractivity contribution in [2.24, 2.45) is 7.05 Å². The molecule has 4 heterocycles. The van der Waals surface area contributed by atoms with E-state index in [1.807, 2.05) is 31.5 Å². The number of hydrogen-bond donors (Lipinski definition) is 1. The lowest BCUT2D eigenvalue weighted by atomic mass is 10.1. The molecule has 0 aliphatic heterocycles. The minimum absolute atomic E-state index is 0.256. The van der Waals surface area contributed by atoms with Crippen LogP contribution < -0.4 is 5.32 Å². The van der Waals surface area contributed by atoms with Crippen LogP contribution in [0.2, 0.25) is 0 Å². The van der Waals surface area contributed by atoms with Gasteiger partial charge in [-0.05, 0) is 36.6 Å². The van der Waals surface area contributed by atoms with E-state index >= 15 is 0 Å². The van der Waals surface area contributed by atoms with Crippen LogP contribution in [0.4, 0.5) is 10.3 Å². The molecule has 0 bridgehead atoms.